The normalized spacial score (nSPS) is 14.8. The molecule has 3 amide bonds. The van der Waals surface area contributed by atoms with E-state index in [1.165, 1.54) is 4.90 Å². The first kappa shape index (κ1) is 23.7. The van der Waals surface area contributed by atoms with E-state index >= 15 is 0 Å². The van der Waals surface area contributed by atoms with Gasteiger partial charge in [0.15, 0.2) is 0 Å². The van der Waals surface area contributed by atoms with Crippen LogP contribution in [0.4, 0.5) is 4.79 Å². The molecule has 1 aliphatic rings. The molecule has 0 spiro atoms. The SMILES string of the molecule is CCc1cccc2c(/C=C3\SC(=O)N(Cc4ccccc4)C3=O)cn(CC(=O)NCc3ccco3)c12. The zero-order valence-corrected chi connectivity index (χ0v) is 20.6. The van der Waals surface area contributed by atoms with Gasteiger partial charge in [0.2, 0.25) is 5.91 Å². The molecule has 5 rings (SSSR count). The number of hydrogen-bond donors (Lipinski definition) is 1. The molecule has 182 valence electrons. The third-order valence-electron chi connectivity index (χ3n) is 6.09. The summed E-state index contributed by atoms with van der Waals surface area (Å²) < 4.78 is 7.20. The molecular formula is C28H25N3O4S. The van der Waals surface area contributed by atoms with Gasteiger partial charge in [0.05, 0.1) is 29.8 Å². The number of carbonyl (C=O) groups excluding carboxylic acids is 3. The van der Waals surface area contributed by atoms with Crippen LogP contribution in [0.3, 0.4) is 0 Å². The Morgan fingerprint density at radius 1 is 1.06 bits per heavy atom. The standard InChI is InChI=1S/C28H25N3O4S/c1-2-20-10-6-12-23-21(17-30(26(20)23)18-25(32)29-15-22-11-7-13-35-22)14-24-27(33)31(28(34)36-24)16-19-8-4-3-5-9-19/h3-14,17H,2,15-16,18H2,1H3,(H,29,32)/b24-14-. The number of para-hydroxylation sites is 1. The molecule has 7 nitrogen and oxygen atoms in total. The number of aryl methyl sites for hydroxylation is 1. The Morgan fingerprint density at radius 2 is 1.89 bits per heavy atom. The van der Waals surface area contributed by atoms with E-state index in [4.69, 9.17) is 4.42 Å². The molecule has 0 atom stereocenters. The fourth-order valence-electron chi connectivity index (χ4n) is 4.34. The lowest BCUT2D eigenvalue weighted by Gasteiger charge is -2.12. The monoisotopic (exact) mass is 499 g/mol. The third-order valence-corrected chi connectivity index (χ3v) is 7.00. The average Bonchev–Trinajstić information content (AvgIpc) is 3.60. The number of carbonyl (C=O) groups is 3. The van der Waals surface area contributed by atoms with Crippen LogP contribution in [0.1, 0.15) is 29.4 Å². The zero-order chi connectivity index (χ0) is 25.1. The van der Waals surface area contributed by atoms with Crippen LogP contribution in [0, 0.1) is 0 Å². The van der Waals surface area contributed by atoms with Gasteiger partial charge in [-0.1, -0.05) is 55.5 Å². The summed E-state index contributed by atoms with van der Waals surface area (Å²) in [6.45, 7) is 2.74. The molecule has 0 bridgehead atoms. The summed E-state index contributed by atoms with van der Waals surface area (Å²) in [5, 5.41) is 3.53. The third kappa shape index (κ3) is 4.85. The number of fused-ring (bicyclic) bond motifs is 1. The summed E-state index contributed by atoms with van der Waals surface area (Å²) in [5.41, 5.74) is 3.74. The number of furan rings is 1. The fraction of sp³-hybridized carbons (Fsp3) is 0.179. The minimum absolute atomic E-state index is 0.123. The molecule has 0 saturated carbocycles. The van der Waals surface area contributed by atoms with Gasteiger partial charge in [-0.25, -0.2) is 0 Å². The molecule has 2 aromatic heterocycles. The van der Waals surface area contributed by atoms with Crippen molar-refractivity contribution in [2.45, 2.75) is 33.0 Å². The van der Waals surface area contributed by atoms with Crippen LogP contribution in [0.5, 0.6) is 0 Å². The number of nitrogens with zero attached hydrogens (tertiary/aromatic N) is 2. The second kappa shape index (κ2) is 10.3. The van der Waals surface area contributed by atoms with E-state index in [2.05, 4.69) is 12.2 Å². The molecule has 1 saturated heterocycles. The van der Waals surface area contributed by atoms with Gasteiger partial charge in [-0.2, -0.15) is 0 Å². The molecule has 4 aromatic rings. The first-order valence-corrected chi connectivity index (χ1v) is 12.5. The Morgan fingerprint density at radius 3 is 2.64 bits per heavy atom. The molecule has 1 fully saturated rings. The summed E-state index contributed by atoms with van der Waals surface area (Å²) in [4.78, 5) is 40.1. The maximum Gasteiger partial charge on any atom is 0.293 e. The van der Waals surface area contributed by atoms with E-state index in [1.807, 2.05) is 65.4 Å². The summed E-state index contributed by atoms with van der Waals surface area (Å²) in [7, 11) is 0. The molecule has 2 aromatic carbocycles. The highest BCUT2D eigenvalue weighted by molar-refractivity contribution is 8.18. The molecule has 36 heavy (non-hydrogen) atoms. The number of nitrogens with one attached hydrogen (secondary N) is 1. The van der Waals surface area contributed by atoms with Crippen LogP contribution in [0.15, 0.2) is 82.4 Å². The highest BCUT2D eigenvalue weighted by Gasteiger charge is 2.35. The second-order valence-corrected chi connectivity index (χ2v) is 9.48. The highest BCUT2D eigenvalue weighted by atomic mass is 32.2. The summed E-state index contributed by atoms with van der Waals surface area (Å²) >= 11 is 0.944. The van der Waals surface area contributed by atoms with E-state index in [0.717, 1.165) is 45.8 Å². The van der Waals surface area contributed by atoms with Crippen molar-refractivity contribution in [1.82, 2.24) is 14.8 Å². The number of rotatable bonds is 8. The number of thioether (sulfide) groups is 1. The Labute approximate surface area is 212 Å². The van der Waals surface area contributed by atoms with Gasteiger partial charge in [-0.15, -0.1) is 0 Å². The predicted molar refractivity (Wildman–Crippen MR) is 140 cm³/mol. The van der Waals surface area contributed by atoms with Crippen molar-refractivity contribution in [2.75, 3.05) is 0 Å². The quantitative estimate of drug-likeness (QED) is 0.331. The number of hydrogen-bond acceptors (Lipinski definition) is 5. The molecule has 1 N–H and O–H groups in total. The topological polar surface area (TPSA) is 84.5 Å². The molecular weight excluding hydrogens is 474 g/mol. The van der Waals surface area contributed by atoms with Crippen molar-refractivity contribution in [2.24, 2.45) is 0 Å². The molecule has 8 heteroatoms. The Balaban J connectivity index is 1.42. The Hall–Kier alpha value is -4.04. The summed E-state index contributed by atoms with van der Waals surface area (Å²) in [6.07, 6.45) is 6.00. The van der Waals surface area contributed by atoms with Crippen molar-refractivity contribution >= 4 is 45.8 Å². The van der Waals surface area contributed by atoms with Gasteiger partial charge in [0, 0.05) is 17.1 Å². The lowest BCUT2D eigenvalue weighted by Crippen LogP contribution is -2.27. The van der Waals surface area contributed by atoms with Crippen LogP contribution < -0.4 is 5.32 Å². The maximum atomic E-state index is 13.1. The number of aromatic nitrogens is 1. The van der Waals surface area contributed by atoms with Crippen LogP contribution >= 0.6 is 11.8 Å². The predicted octanol–water partition coefficient (Wildman–Crippen LogP) is 5.35. The van der Waals surface area contributed by atoms with Crippen molar-refractivity contribution in [1.29, 1.82) is 0 Å². The van der Waals surface area contributed by atoms with Gasteiger partial charge in [0.25, 0.3) is 11.1 Å². The van der Waals surface area contributed by atoms with Crippen molar-refractivity contribution in [3.05, 3.63) is 100 Å². The number of imide groups is 1. The van der Waals surface area contributed by atoms with Gasteiger partial charge >= 0.3 is 0 Å². The largest absolute Gasteiger partial charge is 0.467 e. The fourth-order valence-corrected chi connectivity index (χ4v) is 5.17. The number of amides is 3. The molecule has 1 aliphatic heterocycles. The smallest absolute Gasteiger partial charge is 0.293 e. The first-order valence-electron chi connectivity index (χ1n) is 11.7. The molecule has 0 unspecified atom stereocenters. The Bertz CT molecular complexity index is 1450. The van der Waals surface area contributed by atoms with Crippen molar-refractivity contribution in [3.8, 4) is 0 Å². The van der Waals surface area contributed by atoms with E-state index in [0.29, 0.717) is 17.2 Å². The van der Waals surface area contributed by atoms with E-state index < -0.39 is 0 Å². The van der Waals surface area contributed by atoms with Crippen molar-refractivity contribution in [3.63, 3.8) is 0 Å². The highest BCUT2D eigenvalue weighted by Crippen LogP contribution is 2.35. The van der Waals surface area contributed by atoms with Gasteiger partial charge in [-0.05, 0) is 47.5 Å². The van der Waals surface area contributed by atoms with Crippen LogP contribution in [0.25, 0.3) is 17.0 Å². The maximum absolute atomic E-state index is 13.1. The van der Waals surface area contributed by atoms with Crippen LogP contribution in [-0.2, 0) is 35.6 Å². The minimum Gasteiger partial charge on any atom is -0.467 e. The van der Waals surface area contributed by atoms with Crippen molar-refractivity contribution < 1.29 is 18.8 Å². The average molecular weight is 500 g/mol. The van der Waals surface area contributed by atoms with Crippen LogP contribution in [0.2, 0.25) is 0 Å². The van der Waals surface area contributed by atoms with Gasteiger partial charge < -0.3 is 14.3 Å². The summed E-state index contributed by atoms with van der Waals surface area (Å²) in [6, 6.07) is 19.0. The first-order chi connectivity index (χ1) is 17.5. The van der Waals surface area contributed by atoms with Gasteiger partial charge in [0.1, 0.15) is 12.3 Å². The molecule has 0 aliphatic carbocycles. The minimum atomic E-state index is -0.308. The Kier molecular flexibility index (Phi) is 6.77. The van der Waals surface area contributed by atoms with Gasteiger partial charge in [-0.3, -0.25) is 19.3 Å². The lowest BCUT2D eigenvalue weighted by molar-refractivity contribution is -0.123. The summed E-state index contributed by atoms with van der Waals surface area (Å²) in [5.74, 6) is 0.225. The second-order valence-electron chi connectivity index (χ2n) is 8.49. The molecule has 3 heterocycles. The van der Waals surface area contributed by atoms with E-state index in [9.17, 15) is 14.4 Å². The molecule has 0 radical (unpaired) electrons. The number of benzene rings is 2. The van der Waals surface area contributed by atoms with Crippen LogP contribution in [-0.4, -0.2) is 26.5 Å². The van der Waals surface area contributed by atoms with E-state index in [1.54, 1.807) is 18.4 Å². The zero-order valence-electron chi connectivity index (χ0n) is 19.8. The lowest BCUT2D eigenvalue weighted by atomic mass is 10.1. The van der Waals surface area contributed by atoms with E-state index in [-0.39, 0.29) is 30.1 Å².